The lowest BCUT2D eigenvalue weighted by Crippen LogP contribution is -1.91. The fraction of sp³-hybridized carbons (Fsp3) is 0.100. The maximum atomic E-state index is 9.75. The van der Waals surface area contributed by atoms with E-state index in [-0.39, 0.29) is 5.97 Å². The van der Waals surface area contributed by atoms with Crippen molar-refractivity contribution in [1.82, 2.24) is 0 Å². The van der Waals surface area contributed by atoms with Gasteiger partial charge in [0, 0.05) is 19.1 Å². The van der Waals surface area contributed by atoms with Crippen LogP contribution >= 0.6 is 0 Å². The van der Waals surface area contributed by atoms with Crippen LogP contribution in [0, 0.1) is 0 Å². The summed E-state index contributed by atoms with van der Waals surface area (Å²) in [6, 6.07) is 0. The first kappa shape index (κ1) is 19.2. The van der Waals surface area contributed by atoms with E-state index in [4.69, 9.17) is 10.2 Å². The van der Waals surface area contributed by atoms with Crippen LogP contribution in [0.1, 0.15) is 6.92 Å². The number of carbonyl (C=O) groups is 3. The second kappa shape index (κ2) is 15.1. The summed E-state index contributed by atoms with van der Waals surface area (Å²) in [6.07, 6.45) is 2.22. The van der Waals surface area contributed by atoms with Gasteiger partial charge in [0.2, 0.25) is 0 Å². The summed E-state index contributed by atoms with van der Waals surface area (Å²) < 4.78 is 4.17. The van der Waals surface area contributed by atoms with Gasteiger partial charge in [0.15, 0.2) is 0 Å². The number of hydrogen-bond donors (Lipinski definition) is 2. The van der Waals surface area contributed by atoms with E-state index in [1.165, 1.54) is 6.92 Å². The van der Waals surface area contributed by atoms with Gasteiger partial charge in [-0.3, -0.25) is 4.79 Å². The number of rotatable bonds is 3. The average Bonchev–Trinajstić information content (AvgIpc) is 2.18. The lowest BCUT2D eigenvalue weighted by atomic mass is 10.5. The third-order valence-corrected chi connectivity index (χ3v) is 0.618. The Labute approximate surface area is 93.2 Å². The van der Waals surface area contributed by atoms with E-state index < -0.39 is 11.9 Å². The van der Waals surface area contributed by atoms with E-state index >= 15 is 0 Å². The monoisotopic (exact) mass is 230 g/mol. The smallest absolute Gasteiger partial charge is 0.328 e. The first-order chi connectivity index (χ1) is 7.40. The van der Waals surface area contributed by atoms with Gasteiger partial charge in [0.1, 0.15) is 0 Å². The minimum atomic E-state index is -1.26. The fourth-order valence-corrected chi connectivity index (χ4v) is 0.260. The predicted molar refractivity (Wildman–Crippen MR) is 57.6 cm³/mol. The van der Waals surface area contributed by atoms with E-state index in [0.29, 0.717) is 12.2 Å². The quantitative estimate of drug-likeness (QED) is 0.327. The molecular formula is C10H14O6. The Bertz CT molecular complexity index is 250. The molecule has 0 atom stereocenters. The summed E-state index contributed by atoms with van der Waals surface area (Å²) >= 11 is 0. The van der Waals surface area contributed by atoms with Gasteiger partial charge >= 0.3 is 17.9 Å². The highest BCUT2D eigenvalue weighted by Gasteiger charge is 1.88. The van der Waals surface area contributed by atoms with Gasteiger partial charge in [-0.1, -0.05) is 6.58 Å². The van der Waals surface area contributed by atoms with Crippen LogP contribution in [0.2, 0.25) is 0 Å². The molecule has 90 valence electrons. The molecule has 0 saturated heterocycles. The third-order valence-electron chi connectivity index (χ3n) is 0.618. The van der Waals surface area contributed by atoms with Gasteiger partial charge < -0.3 is 14.9 Å². The molecule has 0 spiro atoms. The Kier molecular flexibility index (Phi) is 18.2. The number of aliphatic carboxylic acids is 2. The molecule has 6 heteroatoms. The Morgan fingerprint density at radius 1 is 1.06 bits per heavy atom. The molecule has 6 nitrogen and oxygen atoms in total. The summed E-state index contributed by atoms with van der Waals surface area (Å²) in [5, 5.41) is 15.6. The van der Waals surface area contributed by atoms with E-state index in [1.807, 2.05) is 0 Å². The first-order valence-corrected chi connectivity index (χ1v) is 3.82. The van der Waals surface area contributed by atoms with Gasteiger partial charge in [0.05, 0.1) is 6.26 Å². The van der Waals surface area contributed by atoms with Gasteiger partial charge in [0.25, 0.3) is 0 Å². The summed E-state index contributed by atoms with van der Waals surface area (Å²) in [7, 11) is 0. The highest BCUT2D eigenvalue weighted by molar-refractivity contribution is 5.89. The van der Waals surface area contributed by atoms with Crippen molar-refractivity contribution in [1.29, 1.82) is 0 Å². The average molecular weight is 230 g/mol. The molecule has 0 fully saturated rings. The molecule has 0 saturated carbocycles. The summed E-state index contributed by atoms with van der Waals surface area (Å²) in [5.74, 6) is -2.84. The summed E-state index contributed by atoms with van der Waals surface area (Å²) in [6.45, 7) is 10.5. The van der Waals surface area contributed by atoms with Crippen molar-refractivity contribution < 1.29 is 29.3 Å². The van der Waals surface area contributed by atoms with Crippen molar-refractivity contribution in [2.24, 2.45) is 0 Å². The van der Waals surface area contributed by atoms with E-state index in [9.17, 15) is 14.4 Å². The van der Waals surface area contributed by atoms with Crippen molar-refractivity contribution in [3.63, 3.8) is 0 Å². The molecule has 0 aromatic carbocycles. The normalized spacial score (nSPS) is 7.56. The second-order valence-electron chi connectivity index (χ2n) is 1.79. The van der Waals surface area contributed by atoms with E-state index in [0.717, 1.165) is 6.26 Å². The number of esters is 1. The summed E-state index contributed by atoms with van der Waals surface area (Å²) in [5.41, 5.74) is 0. The van der Waals surface area contributed by atoms with Gasteiger partial charge in [-0.05, 0) is 0 Å². The molecule has 0 aromatic heterocycles. The molecule has 0 rings (SSSR count). The van der Waals surface area contributed by atoms with Crippen LogP contribution < -0.4 is 0 Å². The van der Waals surface area contributed by atoms with Gasteiger partial charge in [-0.2, -0.15) is 0 Å². The lowest BCUT2D eigenvalue weighted by molar-refractivity contribution is -0.135. The van der Waals surface area contributed by atoms with E-state index in [1.54, 1.807) is 0 Å². The molecule has 2 N–H and O–H groups in total. The maximum absolute atomic E-state index is 9.75. The first-order valence-electron chi connectivity index (χ1n) is 3.82. The van der Waals surface area contributed by atoms with Crippen LogP contribution in [-0.4, -0.2) is 28.1 Å². The van der Waals surface area contributed by atoms with Crippen LogP contribution in [0.25, 0.3) is 0 Å². The molecule has 16 heavy (non-hydrogen) atoms. The number of ether oxygens (including phenoxy) is 1. The van der Waals surface area contributed by atoms with Crippen molar-refractivity contribution in [3.05, 3.63) is 38.2 Å². The van der Waals surface area contributed by atoms with Crippen LogP contribution in [0.15, 0.2) is 38.2 Å². The number of hydrogen-bond acceptors (Lipinski definition) is 4. The molecule has 0 aliphatic carbocycles. The molecule has 0 aromatic rings. The van der Waals surface area contributed by atoms with Crippen LogP contribution in [-0.2, 0) is 19.1 Å². The van der Waals surface area contributed by atoms with Crippen molar-refractivity contribution >= 4 is 17.9 Å². The molecule has 0 aliphatic heterocycles. The second-order valence-corrected chi connectivity index (χ2v) is 1.79. The standard InChI is InChI=1S/C4H4O4.C4H6O2.C2H4/c5-3(6)1-2-4(7)8;1-3-6-4(2)5;1-2/h1-2H,(H,5,6)(H,7,8);3H,1H2,2H3;1-2H2/b2-1-;;. The molecule has 0 amide bonds. The predicted octanol–water partition coefficient (Wildman–Crippen LogP) is 1.21. The zero-order chi connectivity index (χ0) is 13.6. The fourth-order valence-electron chi connectivity index (χ4n) is 0.260. The minimum absolute atomic E-state index is 0.329. The Morgan fingerprint density at radius 3 is 1.44 bits per heavy atom. The topological polar surface area (TPSA) is 101 Å². The maximum Gasteiger partial charge on any atom is 0.328 e. The number of carboxylic acid groups (broad SMARTS) is 2. The number of carboxylic acids is 2. The van der Waals surface area contributed by atoms with Crippen molar-refractivity contribution in [2.45, 2.75) is 6.92 Å². The Hall–Kier alpha value is -2.37. The van der Waals surface area contributed by atoms with Crippen LogP contribution in [0.5, 0.6) is 0 Å². The van der Waals surface area contributed by atoms with Gasteiger partial charge in [-0.25, -0.2) is 9.59 Å². The van der Waals surface area contributed by atoms with E-state index in [2.05, 4.69) is 24.5 Å². The molecule has 0 bridgehead atoms. The lowest BCUT2D eigenvalue weighted by Gasteiger charge is -1.83. The molecule has 0 aliphatic rings. The third kappa shape index (κ3) is 41.5. The molecule has 0 unspecified atom stereocenters. The zero-order valence-corrected chi connectivity index (χ0v) is 8.88. The highest BCUT2D eigenvalue weighted by atomic mass is 16.5. The highest BCUT2D eigenvalue weighted by Crippen LogP contribution is 1.71. The van der Waals surface area contributed by atoms with Gasteiger partial charge in [-0.15, -0.1) is 13.2 Å². The summed E-state index contributed by atoms with van der Waals surface area (Å²) in [4.78, 5) is 28.9. The Morgan fingerprint density at radius 2 is 1.38 bits per heavy atom. The van der Waals surface area contributed by atoms with Crippen molar-refractivity contribution in [2.75, 3.05) is 0 Å². The van der Waals surface area contributed by atoms with Crippen LogP contribution in [0.4, 0.5) is 0 Å². The minimum Gasteiger partial charge on any atom is -0.478 e. The van der Waals surface area contributed by atoms with Crippen LogP contribution in [0.3, 0.4) is 0 Å². The zero-order valence-electron chi connectivity index (χ0n) is 8.88. The van der Waals surface area contributed by atoms with Crippen molar-refractivity contribution in [3.8, 4) is 0 Å². The molecule has 0 heterocycles. The largest absolute Gasteiger partial charge is 0.478 e. The SMILES string of the molecule is C=C.C=COC(C)=O.O=C(O)/C=C\C(=O)O. The molecular weight excluding hydrogens is 216 g/mol. The Balaban J connectivity index is -0.000000188. The number of carbonyl (C=O) groups excluding carboxylic acids is 1. The molecule has 0 radical (unpaired) electrons.